The zero-order valence-electron chi connectivity index (χ0n) is 9.50. The predicted molar refractivity (Wildman–Crippen MR) is 68.5 cm³/mol. The molecule has 2 aliphatic carbocycles. The van der Waals surface area contributed by atoms with E-state index in [0.717, 1.165) is 11.8 Å². The van der Waals surface area contributed by atoms with Crippen molar-refractivity contribution in [2.45, 2.75) is 25.3 Å². The molecule has 2 nitrogen and oxygen atoms in total. The Labute approximate surface area is 109 Å². The first-order valence-electron chi connectivity index (χ1n) is 6.14. The van der Waals surface area contributed by atoms with Crippen molar-refractivity contribution in [3.05, 3.63) is 34.1 Å². The van der Waals surface area contributed by atoms with Gasteiger partial charge in [-0.1, -0.05) is 18.6 Å². The third-order valence-corrected chi connectivity index (χ3v) is 4.97. The van der Waals surface area contributed by atoms with E-state index in [0.29, 0.717) is 16.0 Å². The molecule has 0 aliphatic heterocycles. The summed E-state index contributed by atoms with van der Waals surface area (Å²) in [6.07, 6.45) is 3.89. The number of benzene rings is 1. The first-order chi connectivity index (χ1) is 8.24. The summed E-state index contributed by atoms with van der Waals surface area (Å²) in [5, 5.41) is 0. The maximum absolute atomic E-state index is 14.1. The zero-order valence-corrected chi connectivity index (χ0v) is 11.1. The molecule has 0 amide bonds. The number of hydrogen-bond acceptors (Lipinski definition) is 2. The van der Waals surface area contributed by atoms with Gasteiger partial charge in [-0.2, -0.15) is 0 Å². The molecule has 3 rings (SSSR count). The molecule has 17 heavy (non-hydrogen) atoms. The van der Waals surface area contributed by atoms with Crippen LogP contribution in [0, 0.1) is 23.6 Å². The number of nitrogens with two attached hydrogens (primary N) is 1. The Balaban J connectivity index is 1.88. The van der Waals surface area contributed by atoms with Crippen molar-refractivity contribution < 1.29 is 4.39 Å². The Morgan fingerprint density at radius 2 is 2.06 bits per heavy atom. The molecule has 0 saturated heterocycles. The smallest absolute Gasteiger partial charge is 0.142 e. The van der Waals surface area contributed by atoms with Gasteiger partial charge < -0.3 is 0 Å². The van der Waals surface area contributed by atoms with Gasteiger partial charge in [-0.3, -0.25) is 11.3 Å². The average molecular weight is 299 g/mol. The van der Waals surface area contributed by atoms with E-state index in [1.54, 1.807) is 6.07 Å². The first kappa shape index (κ1) is 11.6. The molecule has 0 radical (unpaired) electrons. The fourth-order valence-corrected chi connectivity index (χ4v) is 3.92. The Morgan fingerprint density at radius 3 is 2.71 bits per heavy atom. The largest absolute Gasteiger partial charge is 0.271 e. The van der Waals surface area contributed by atoms with E-state index in [9.17, 15) is 4.39 Å². The van der Waals surface area contributed by atoms with E-state index >= 15 is 0 Å². The molecule has 0 spiro atoms. The summed E-state index contributed by atoms with van der Waals surface area (Å²) in [5.74, 6) is 7.50. The molecule has 3 unspecified atom stereocenters. The lowest BCUT2D eigenvalue weighted by molar-refractivity contribution is 0.409. The monoisotopic (exact) mass is 298 g/mol. The van der Waals surface area contributed by atoms with E-state index in [1.165, 1.54) is 19.3 Å². The predicted octanol–water partition coefficient (Wildman–Crippen LogP) is 3.14. The van der Waals surface area contributed by atoms with Crippen molar-refractivity contribution in [1.29, 1.82) is 0 Å². The van der Waals surface area contributed by atoms with Crippen LogP contribution in [0.4, 0.5) is 4.39 Å². The maximum atomic E-state index is 14.1. The lowest BCUT2D eigenvalue weighted by Gasteiger charge is -2.19. The van der Waals surface area contributed by atoms with Gasteiger partial charge in [0.2, 0.25) is 0 Å². The molecule has 1 aromatic rings. The quantitative estimate of drug-likeness (QED) is 0.665. The summed E-state index contributed by atoms with van der Waals surface area (Å²) in [4.78, 5) is 0. The molecular formula is C13H16BrFN2. The zero-order chi connectivity index (χ0) is 12.0. The van der Waals surface area contributed by atoms with Gasteiger partial charge in [0.25, 0.3) is 0 Å². The van der Waals surface area contributed by atoms with Crippen molar-refractivity contribution in [1.82, 2.24) is 5.43 Å². The van der Waals surface area contributed by atoms with Crippen LogP contribution in [0.2, 0.25) is 0 Å². The second-order valence-corrected chi connectivity index (χ2v) is 5.98. The molecule has 3 atom stereocenters. The minimum atomic E-state index is -0.180. The Kier molecular flexibility index (Phi) is 2.97. The van der Waals surface area contributed by atoms with E-state index in [-0.39, 0.29) is 11.9 Å². The fourth-order valence-electron chi connectivity index (χ4n) is 3.54. The van der Waals surface area contributed by atoms with Gasteiger partial charge in [0, 0.05) is 5.56 Å². The highest BCUT2D eigenvalue weighted by Gasteiger charge is 2.56. The third-order valence-electron chi connectivity index (χ3n) is 4.35. The topological polar surface area (TPSA) is 38.0 Å². The Hall–Kier alpha value is -0.450. The van der Waals surface area contributed by atoms with Crippen LogP contribution in [0.3, 0.4) is 0 Å². The molecule has 2 fully saturated rings. The van der Waals surface area contributed by atoms with E-state index in [2.05, 4.69) is 21.4 Å². The molecule has 2 saturated carbocycles. The molecule has 4 heteroatoms. The number of hydrogen-bond donors (Lipinski definition) is 2. The molecule has 0 heterocycles. The molecule has 3 N–H and O–H groups in total. The van der Waals surface area contributed by atoms with Crippen LogP contribution in [0.25, 0.3) is 0 Å². The van der Waals surface area contributed by atoms with Gasteiger partial charge in [-0.05, 0) is 52.6 Å². The van der Waals surface area contributed by atoms with Crippen molar-refractivity contribution in [3.63, 3.8) is 0 Å². The second-order valence-electron chi connectivity index (χ2n) is 5.12. The van der Waals surface area contributed by atoms with Crippen LogP contribution in [0.5, 0.6) is 0 Å². The van der Waals surface area contributed by atoms with Crippen LogP contribution >= 0.6 is 15.9 Å². The molecule has 1 aromatic carbocycles. The SMILES string of the molecule is NNC(c1cccc(Br)c1F)C1C2CCCC21. The van der Waals surface area contributed by atoms with E-state index < -0.39 is 0 Å². The number of rotatable bonds is 3. The minimum absolute atomic E-state index is 0.0391. The number of nitrogens with one attached hydrogen (secondary N) is 1. The maximum Gasteiger partial charge on any atom is 0.142 e. The summed E-state index contributed by atoms with van der Waals surface area (Å²) in [5.41, 5.74) is 3.51. The minimum Gasteiger partial charge on any atom is -0.271 e. The highest BCUT2D eigenvalue weighted by Crippen LogP contribution is 2.62. The molecular weight excluding hydrogens is 283 g/mol. The van der Waals surface area contributed by atoms with Gasteiger partial charge in [0.15, 0.2) is 0 Å². The average Bonchev–Trinajstić information content (AvgIpc) is 2.80. The van der Waals surface area contributed by atoms with Crippen molar-refractivity contribution >= 4 is 15.9 Å². The molecule has 92 valence electrons. The standard InChI is InChI=1S/C13H16BrFN2/c14-10-6-2-5-9(12(10)15)13(17-16)11-7-3-1-4-8(7)11/h2,5-8,11,13,17H,1,3-4,16H2. The van der Waals surface area contributed by atoms with E-state index in [1.807, 2.05) is 12.1 Å². The lowest BCUT2D eigenvalue weighted by atomic mass is 9.97. The van der Waals surface area contributed by atoms with Crippen LogP contribution in [0.15, 0.2) is 22.7 Å². The molecule has 0 bridgehead atoms. The number of halogens is 2. The Bertz CT molecular complexity index is 427. The van der Waals surface area contributed by atoms with Gasteiger partial charge in [-0.15, -0.1) is 0 Å². The van der Waals surface area contributed by atoms with Gasteiger partial charge in [0.05, 0.1) is 10.5 Å². The van der Waals surface area contributed by atoms with E-state index in [4.69, 9.17) is 5.84 Å². The van der Waals surface area contributed by atoms with Crippen molar-refractivity contribution in [2.24, 2.45) is 23.6 Å². The van der Waals surface area contributed by atoms with Gasteiger partial charge in [-0.25, -0.2) is 4.39 Å². The van der Waals surface area contributed by atoms with Crippen LogP contribution < -0.4 is 11.3 Å². The lowest BCUT2D eigenvalue weighted by Crippen LogP contribution is -2.31. The number of fused-ring (bicyclic) bond motifs is 1. The van der Waals surface area contributed by atoms with Crippen LogP contribution in [0.1, 0.15) is 30.9 Å². The third kappa shape index (κ3) is 1.83. The van der Waals surface area contributed by atoms with Crippen LogP contribution in [-0.2, 0) is 0 Å². The van der Waals surface area contributed by atoms with Crippen molar-refractivity contribution in [3.8, 4) is 0 Å². The van der Waals surface area contributed by atoms with Crippen molar-refractivity contribution in [2.75, 3.05) is 0 Å². The highest BCUT2D eigenvalue weighted by atomic mass is 79.9. The normalized spacial score (nSPS) is 32.3. The summed E-state index contributed by atoms with van der Waals surface area (Å²) < 4.78 is 14.6. The summed E-state index contributed by atoms with van der Waals surface area (Å²) in [7, 11) is 0. The summed E-state index contributed by atoms with van der Waals surface area (Å²) >= 11 is 3.23. The fraction of sp³-hybridized carbons (Fsp3) is 0.538. The summed E-state index contributed by atoms with van der Waals surface area (Å²) in [6.45, 7) is 0. The molecule has 0 aromatic heterocycles. The Morgan fingerprint density at radius 1 is 1.35 bits per heavy atom. The second kappa shape index (κ2) is 4.34. The van der Waals surface area contributed by atoms with Crippen LogP contribution in [-0.4, -0.2) is 0 Å². The van der Waals surface area contributed by atoms with Gasteiger partial charge >= 0.3 is 0 Å². The number of hydrazine groups is 1. The summed E-state index contributed by atoms with van der Waals surface area (Å²) in [6, 6.07) is 5.38. The van der Waals surface area contributed by atoms with Gasteiger partial charge in [0.1, 0.15) is 5.82 Å². The highest BCUT2D eigenvalue weighted by molar-refractivity contribution is 9.10. The first-order valence-corrected chi connectivity index (χ1v) is 6.93. The molecule has 2 aliphatic rings.